The fourth-order valence-electron chi connectivity index (χ4n) is 2.93. The predicted octanol–water partition coefficient (Wildman–Crippen LogP) is 2.37. The molecule has 0 radical (unpaired) electrons. The molecule has 0 aliphatic carbocycles. The minimum Gasteiger partial charge on any atom is -0.465 e. The van der Waals surface area contributed by atoms with Crippen LogP contribution in [0.5, 0.6) is 0 Å². The summed E-state index contributed by atoms with van der Waals surface area (Å²) in [5.41, 5.74) is 1.13. The average Bonchev–Trinajstić information content (AvgIpc) is 2.63. The zero-order chi connectivity index (χ0) is 14.4. The first-order valence-corrected chi connectivity index (χ1v) is 6.99. The van der Waals surface area contributed by atoms with Gasteiger partial charge < -0.3 is 15.3 Å². The molecule has 0 unspecified atom stereocenters. The summed E-state index contributed by atoms with van der Waals surface area (Å²) in [7, 11) is 0. The fraction of sp³-hybridized carbons (Fsp3) is 0.438. The molecule has 1 amide bonds. The number of carbonyl (C=O) groups is 1. The Bertz CT molecular complexity index is 461. The Morgan fingerprint density at radius 1 is 1.45 bits per heavy atom. The maximum absolute atomic E-state index is 11.3. The molecule has 1 aliphatic heterocycles. The number of amides is 1. The molecule has 0 saturated carbocycles. The maximum atomic E-state index is 11.3. The van der Waals surface area contributed by atoms with E-state index >= 15 is 0 Å². The molecule has 20 heavy (non-hydrogen) atoms. The second kappa shape index (κ2) is 6.57. The van der Waals surface area contributed by atoms with Crippen molar-refractivity contribution in [3.05, 3.63) is 48.6 Å². The number of rotatable bonds is 4. The highest BCUT2D eigenvalue weighted by molar-refractivity contribution is 5.65. The largest absolute Gasteiger partial charge is 0.465 e. The summed E-state index contributed by atoms with van der Waals surface area (Å²) in [6, 6.07) is 10.2. The van der Waals surface area contributed by atoms with Crippen LogP contribution in [0.1, 0.15) is 12.0 Å². The molecular formula is C16H22N2O2. The minimum absolute atomic E-state index is 0.113. The molecule has 2 N–H and O–H groups in total. The van der Waals surface area contributed by atoms with Gasteiger partial charge in [-0.2, -0.15) is 0 Å². The quantitative estimate of drug-likeness (QED) is 0.829. The van der Waals surface area contributed by atoms with E-state index in [0.717, 1.165) is 19.4 Å². The normalized spacial score (nSPS) is 23.1. The van der Waals surface area contributed by atoms with E-state index in [1.54, 1.807) is 0 Å². The lowest BCUT2D eigenvalue weighted by molar-refractivity contribution is 0.124. The minimum atomic E-state index is -0.838. The van der Waals surface area contributed by atoms with Crippen molar-refractivity contribution in [3.63, 3.8) is 0 Å². The number of allylic oxidation sites excluding steroid dienone is 1. The summed E-state index contributed by atoms with van der Waals surface area (Å²) < 4.78 is 0. The van der Waals surface area contributed by atoms with Gasteiger partial charge in [0.25, 0.3) is 0 Å². The average molecular weight is 274 g/mol. The lowest BCUT2D eigenvalue weighted by Gasteiger charge is -2.34. The Labute approximate surface area is 120 Å². The van der Waals surface area contributed by atoms with Gasteiger partial charge in [-0.05, 0) is 18.4 Å². The summed E-state index contributed by atoms with van der Waals surface area (Å²) in [4.78, 5) is 12.8. The molecule has 1 aliphatic rings. The van der Waals surface area contributed by atoms with Crippen LogP contribution in [0.15, 0.2) is 43.0 Å². The van der Waals surface area contributed by atoms with Crippen LogP contribution in [-0.2, 0) is 6.42 Å². The van der Waals surface area contributed by atoms with E-state index in [0.29, 0.717) is 19.6 Å². The molecule has 1 aromatic carbocycles. The van der Waals surface area contributed by atoms with Crippen molar-refractivity contribution in [2.24, 2.45) is 5.41 Å². The van der Waals surface area contributed by atoms with E-state index in [4.69, 9.17) is 0 Å². The van der Waals surface area contributed by atoms with Crippen molar-refractivity contribution in [1.29, 1.82) is 0 Å². The van der Waals surface area contributed by atoms with Crippen molar-refractivity contribution in [2.45, 2.75) is 12.8 Å². The zero-order valence-corrected chi connectivity index (χ0v) is 11.7. The second-order valence-corrected chi connectivity index (χ2v) is 5.54. The summed E-state index contributed by atoms with van der Waals surface area (Å²) in [5.74, 6) is 0. The monoisotopic (exact) mass is 274 g/mol. The lowest BCUT2D eigenvalue weighted by atomic mass is 9.78. The van der Waals surface area contributed by atoms with Gasteiger partial charge in [0, 0.05) is 31.6 Å². The molecule has 1 fully saturated rings. The standard InChI is InChI=1S/C16H22N2O2/c1-2-8-16(11-14-6-4-3-5-7-14)12-17-9-10-18(13-16)15(19)20/h2-7,17H,1,8-13H2,(H,19,20)/t16-/m1/s1. The third kappa shape index (κ3) is 3.61. The van der Waals surface area contributed by atoms with Crippen LogP contribution >= 0.6 is 0 Å². The highest BCUT2D eigenvalue weighted by Crippen LogP contribution is 2.30. The number of nitrogens with zero attached hydrogens (tertiary/aromatic N) is 1. The number of hydrogen-bond donors (Lipinski definition) is 2. The smallest absolute Gasteiger partial charge is 0.407 e. The molecule has 0 aromatic heterocycles. The Morgan fingerprint density at radius 2 is 2.20 bits per heavy atom. The van der Waals surface area contributed by atoms with Gasteiger partial charge in [-0.15, -0.1) is 6.58 Å². The SMILES string of the molecule is C=CC[C@@]1(Cc2ccccc2)CNCCN(C(=O)O)C1. The topological polar surface area (TPSA) is 52.6 Å². The molecule has 2 rings (SSSR count). The lowest BCUT2D eigenvalue weighted by Crippen LogP contribution is -2.43. The van der Waals surface area contributed by atoms with E-state index in [1.807, 2.05) is 24.3 Å². The highest BCUT2D eigenvalue weighted by atomic mass is 16.4. The van der Waals surface area contributed by atoms with Gasteiger partial charge in [0.1, 0.15) is 0 Å². The van der Waals surface area contributed by atoms with Crippen LogP contribution in [0.3, 0.4) is 0 Å². The first-order chi connectivity index (χ1) is 9.65. The van der Waals surface area contributed by atoms with Crippen LogP contribution in [0.25, 0.3) is 0 Å². The van der Waals surface area contributed by atoms with E-state index in [-0.39, 0.29) is 5.41 Å². The molecule has 1 heterocycles. The first-order valence-electron chi connectivity index (χ1n) is 6.99. The molecule has 1 aromatic rings. The van der Waals surface area contributed by atoms with Crippen LogP contribution in [0.2, 0.25) is 0 Å². The van der Waals surface area contributed by atoms with Crippen LogP contribution in [-0.4, -0.2) is 42.3 Å². The third-order valence-electron chi connectivity index (χ3n) is 3.85. The number of nitrogens with one attached hydrogen (secondary N) is 1. The van der Waals surface area contributed by atoms with Gasteiger partial charge in [0.15, 0.2) is 0 Å². The predicted molar refractivity (Wildman–Crippen MR) is 79.9 cm³/mol. The van der Waals surface area contributed by atoms with E-state index in [9.17, 15) is 9.90 Å². The number of benzene rings is 1. The van der Waals surface area contributed by atoms with Gasteiger partial charge in [0.05, 0.1) is 0 Å². The summed E-state index contributed by atoms with van der Waals surface area (Å²) in [6.07, 6.45) is 2.72. The molecule has 0 bridgehead atoms. The molecule has 4 heteroatoms. The molecule has 0 spiro atoms. The van der Waals surface area contributed by atoms with E-state index in [1.165, 1.54) is 10.5 Å². The van der Waals surface area contributed by atoms with Gasteiger partial charge in [-0.25, -0.2) is 4.79 Å². The molecule has 1 saturated heterocycles. The number of hydrogen-bond acceptors (Lipinski definition) is 2. The van der Waals surface area contributed by atoms with Gasteiger partial charge in [-0.1, -0.05) is 36.4 Å². The molecule has 1 atom stereocenters. The Morgan fingerprint density at radius 3 is 2.85 bits per heavy atom. The van der Waals surface area contributed by atoms with Crippen molar-refractivity contribution in [2.75, 3.05) is 26.2 Å². The summed E-state index contributed by atoms with van der Waals surface area (Å²) in [5, 5.41) is 12.7. The first kappa shape index (κ1) is 14.6. The van der Waals surface area contributed by atoms with Crippen molar-refractivity contribution >= 4 is 6.09 Å². The molecule has 108 valence electrons. The van der Waals surface area contributed by atoms with Crippen LogP contribution < -0.4 is 5.32 Å². The second-order valence-electron chi connectivity index (χ2n) is 5.54. The zero-order valence-electron chi connectivity index (χ0n) is 11.7. The Hall–Kier alpha value is -1.81. The summed E-state index contributed by atoms with van der Waals surface area (Å²) >= 11 is 0. The third-order valence-corrected chi connectivity index (χ3v) is 3.85. The van der Waals surface area contributed by atoms with Crippen molar-refractivity contribution in [3.8, 4) is 0 Å². The van der Waals surface area contributed by atoms with Crippen LogP contribution in [0.4, 0.5) is 4.79 Å². The maximum Gasteiger partial charge on any atom is 0.407 e. The number of carboxylic acid groups (broad SMARTS) is 1. The Kier molecular flexibility index (Phi) is 4.79. The van der Waals surface area contributed by atoms with Crippen molar-refractivity contribution < 1.29 is 9.90 Å². The van der Waals surface area contributed by atoms with Crippen molar-refractivity contribution in [1.82, 2.24) is 10.2 Å². The molecule has 4 nitrogen and oxygen atoms in total. The fourth-order valence-corrected chi connectivity index (χ4v) is 2.93. The van der Waals surface area contributed by atoms with Crippen LogP contribution in [0, 0.1) is 5.41 Å². The highest BCUT2D eigenvalue weighted by Gasteiger charge is 2.34. The van der Waals surface area contributed by atoms with Gasteiger partial charge >= 0.3 is 6.09 Å². The summed E-state index contributed by atoms with van der Waals surface area (Å²) in [6.45, 7) is 6.47. The molecular weight excluding hydrogens is 252 g/mol. The van der Waals surface area contributed by atoms with E-state index < -0.39 is 6.09 Å². The van der Waals surface area contributed by atoms with Gasteiger partial charge in [0.2, 0.25) is 0 Å². The van der Waals surface area contributed by atoms with Gasteiger partial charge in [-0.3, -0.25) is 0 Å². The van der Waals surface area contributed by atoms with E-state index in [2.05, 4.69) is 24.0 Å². The Balaban J connectivity index is 2.22.